The van der Waals surface area contributed by atoms with E-state index in [2.05, 4.69) is 4.90 Å². The Morgan fingerprint density at radius 3 is 2.48 bits per heavy atom. The Balaban J connectivity index is 1.92. The van der Waals surface area contributed by atoms with E-state index in [9.17, 15) is 9.59 Å². The van der Waals surface area contributed by atoms with Crippen LogP contribution in [0.15, 0.2) is 24.3 Å². The first kappa shape index (κ1) is 21.2. The van der Waals surface area contributed by atoms with Crippen molar-refractivity contribution in [2.45, 2.75) is 19.8 Å². The van der Waals surface area contributed by atoms with Crippen LogP contribution in [0.2, 0.25) is 0 Å². The summed E-state index contributed by atoms with van der Waals surface area (Å²) in [7, 11) is 1.36. The number of nitrogens with zero attached hydrogens (tertiary/aromatic N) is 2. The second-order valence-electron chi connectivity index (χ2n) is 6.41. The Morgan fingerprint density at radius 2 is 1.85 bits per heavy atom. The second kappa shape index (κ2) is 11.6. The summed E-state index contributed by atoms with van der Waals surface area (Å²) >= 11 is 0. The Hall–Kier alpha value is -2.12. The van der Waals surface area contributed by atoms with Crippen molar-refractivity contribution in [3.8, 4) is 5.75 Å². The molecule has 1 aliphatic rings. The lowest BCUT2D eigenvalue weighted by atomic mass is 10.1. The van der Waals surface area contributed by atoms with Crippen molar-refractivity contribution in [2.24, 2.45) is 0 Å². The van der Waals surface area contributed by atoms with Crippen molar-refractivity contribution >= 4 is 11.9 Å². The number of carbonyl (C=O) groups excluding carboxylic acids is 2. The highest BCUT2D eigenvalue weighted by Crippen LogP contribution is 2.13. The number of methoxy groups -OCH3 is 1. The standard InChI is InChI=1S/C20H30N2O5/c1-3-27-18-6-4-17(5-7-18)16-19(23)22(9-8-20(24)25-2)11-10-21-12-14-26-15-13-21/h4-7H,3,8-16H2,1-2H3. The molecule has 2 rings (SSSR count). The summed E-state index contributed by atoms with van der Waals surface area (Å²) < 4.78 is 15.5. The van der Waals surface area contributed by atoms with Crippen molar-refractivity contribution in [1.29, 1.82) is 0 Å². The van der Waals surface area contributed by atoms with E-state index in [4.69, 9.17) is 14.2 Å². The molecule has 1 heterocycles. The number of benzene rings is 1. The van der Waals surface area contributed by atoms with Gasteiger partial charge in [-0.1, -0.05) is 12.1 Å². The predicted molar refractivity (Wildman–Crippen MR) is 102 cm³/mol. The van der Waals surface area contributed by atoms with Crippen LogP contribution in [0.4, 0.5) is 0 Å². The summed E-state index contributed by atoms with van der Waals surface area (Å²) in [5.74, 6) is 0.500. The van der Waals surface area contributed by atoms with Gasteiger partial charge in [0.15, 0.2) is 0 Å². The van der Waals surface area contributed by atoms with Crippen molar-refractivity contribution in [3.63, 3.8) is 0 Å². The third-order valence-corrected chi connectivity index (χ3v) is 4.55. The first-order chi connectivity index (χ1) is 13.1. The molecule has 7 heteroatoms. The number of ether oxygens (including phenoxy) is 3. The van der Waals surface area contributed by atoms with Crippen molar-refractivity contribution in [2.75, 3.05) is 59.7 Å². The summed E-state index contributed by atoms with van der Waals surface area (Å²) in [5.41, 5.74) is 0.929. The molecule has 0 atom stereocenters. The van der Waals surface area contributed by atoms with E-state index in [-0.39, 0.29) is 18.3 Å². The Morgan fingerprint density at radius 1 is 1.15 bits per heavy atom. The molecule has 7 nitrogen and oxygen atoms in total. The highest BCUT2D eigenvalue weighted by molar-refractivity contribution is 5.79. The summed E-state index contributed by atoms with van der Waals surface area (Å²) in [6.07, 6.45) is 0.505. The third kappa shape index (κ3) is 7.56. The lowest BCUT2D eigenvalue weighted by Gasteiger charge is -2.30. The lowest BCUT2D eigenvalue weighted by Crippen LogP contribution is -2.44. The van der Waals surface area contributed by atoms with Crippen LogP contribution in [0.5, 0.6) is 5.75 Å². The molecule has 0 aliphatic carbocycles. The molecular weight excluding hydrogens is 348 g/mol. The molecule has 0 N–H and O–H groups in total. The molecule has 1 aromatic carbocycles. The van der Waals surface area contributed by atoms with E-state index < -0.39 is 0 Å². The predicted octanol–water partition coefficient (Wildman–Crippen LogP) is 1.35. The summed E-state index contributed by atoms with van der Waals surface area (Å²) in [4.78, 5) is 28.3. The molecule has 0 spiro atoms. The minimum atomic E-state index is -0.305. The van der Waals surface area contributed by atoms with E-state index >= 15 is 0 Å². The fourth-order valence-corrected chi connectivity index (χ4v) is 2.93. The molecule has 1 aliphatic heterocycles. The molecule has 0 saturated carbocycles. The fourth-order valence-electron chi connectivity index (χ4n) is 2.93. The quantitative estimate of drug-likeness (QED) is 0.573. The monoisotopic (exact) mass is 378 g/mol. The van der Waals surface area contributed by atoms with Crippen LogP contribution in [-0.2, 0) is 25.5 Å². The van der Waals surface area contributed by atoms with Crippen LogP contribution in [-0.4, -0.2) is 81.3 Å². The SMILES string of the molecule is CCOc1ccc(CC(=O)N(CCC(=O)OC)CCN2CCOCC2)cc1. The molecular formula is C20H30N2O5. The van der Waals surface area contributed by atoms with E-state index in [1.807, 2.05) is 31.2 Å². The van der Waals surface area contributed by atoms with Gasteiger partial charge in [0, 0.05) is 32.7 Å². The van der Waals surface area contributed by atoms with Gasteiger partial charge in [0.05, 0.1) is 39.8 Å². The van der Waals surface area contributed by atoms with Gasteiger partial charge in [0.25, 0.3) is 0 Å². The maximum absolute atomic E-state index is 12.8. The maximum Gasteiger partial charge on any atom is 0.307 e. The first-order valence-electron chi connectivity index (χ1n) is 9.48. The van der Waals surface area contributed by atoms with Crippen LogP contribution in [0.25, 0.3) is 0 Å². The van der Waals surface area contributed by atoms with Gasteiger partial charge in [-0.2, -0.15) is 0 Å². The van der Waals surface area contributed by atoms with E-state index in [1.165, 1.54) is 7.11 Å². The summed E-state index contributed by atoms with van der Waals surface area (Å²) in [6, 6.07) is 7.56. The highest BCUT2D eigenvalue weighted by atomic mass is 16.5. The van der Waals surface area contributed by atoms with Gasteiger partial charge >= 0.3 is 5.97 Å². The third-order valence-electron chi connectivity index (χ3n) is 4.55. The smallest absolute Gasteiger partial charge is 0.307 e. The Kier molecular flexibility index (Phi) is 9.07. The number of amides is 1. The number of hydrogen-bond acceptors (Lipinski definition) is 6. The van der Waals surface area contributed by atoms with Crippen LogP contribution >= 0.6 is 0 Å². The Bertz CT molecular complexity index is 585. The first-order valence-corrected chi connectivity index (χ1v) is 9.48. The van der Waals surface area contributed by atoms with Crippen molar-refractivity contribution in [1.82, 2.24) is 9.80 Å². The lowest BCUT2D eigenvalue weighted by molar-refractivity contribution is -0.141. The molecule has 1 saturated heterocycles. The molecule has 150 valence electrons. The van der Waals surface area contributed by atoms with E-state index in [0.29, 0.717) is 26.1 Å². The van der Waals surface area contributed by atoms with Crippen LogP contribution < -0.4 is 4.74 Å². The normalized spacial score (nSPS) is 14.6. The Labute approximate surface area is 161 Å². The van der Waals surface area contributed by atoms with E-state index in [0.717, 1.165) is 44.2 Å². The molecule has 27 heavy (non-hydrogen) atoms. The zero-order chi connectivity index (χ0) is 19.5. The maximum atomic E-state index is 12.8. The van der Waals surface area contributed by atoms with Gasteiger partial charge < -0.3 is 19.1 Å². The number of morpholine rings is 1. The zero-order valence-electron chi connectivity index (χ0n) is 16.3. The minimum Gasteiger partial charge on any atom is -0.494 e. The molecule has 1 fully saturated rings. The molecule has 0 radical (unpaired) electrons. The number of hydrogen-bond donors (Lipinski definition) is 0. The van der Waals surface area contributed by atoms with Gasteiger partial charge in [-0.25, -0.2) is 0 Å². The van der Waals surface area contributed by atoms with Gasteiger partial charge in [-0.15, -0.1) is 0 Å². The number of carbonyl (C=O) groups is 2. The number of esters is 1. The second-order valence-corrected chi connectivity index (χ2v) is 6.41. The molecule has 1 aromatic rings. The van der Waals surface area contributed by atoms with Gasteiger partial charge in [-0.3, -0.25) is 14.5 Å². The minimum absolute atomic E-state index is 0.0105. The average molecular weight is 378 g/mol. The topological polar surface area (TPSA) is 68.3 Å². The molecule has 0 aromatic heterocycles. The van der Waals surface area contributed by atoms with Crippen LogP contribution in [0.3, 0.4) is 0 Å². The molecule has 1 amide bonds. The van der Waals surface area contributed by atoms with Gasteiger partial charge in [0.2, 0.25) is 5.91 Å². The summed E-state index contributed by atoms with van der Waals surface area (Å²) in [6.45, 7) is 7.48. The van der Waals surface area contributed by atoms with Crippen LogP contribution in [0, 0.1) is 0 Å². The van der Waals surface area contributed by atoms with Gasteiger partial charge in [0.1, 0.15) is 5.75 Å². The average Bonchev–Trinajstić information content (AvgIpc) is 2.70. The zero-order valence-corrected chi connectivity index (χ0v) is 16.3. The fraction of sp³-hybridized carbons (Fsp3) is 0.600. The van der Waals surface area contributed by atoms with Crippen molar-refractivity contribution < 1.29 is 23.8 Å². The van der Waals surface area contributed by atoms with Crippen LogP contribution in [0.1, 0.15) is 18.9 Å². The highest BCUT2D eigenvalue weighted by Gasteiger charge is 2.18. The van der Waals surface area contributed by atoms with Gasteiger partial charge in [-0.05, 0) is 24.6 Å². The van der Waals surface area contributed by atoms with Crippen molar-refractivity contribution in [3.05, 3.63) is 29.8 Å². The number of rotatable bonds is 10. The largest absolute Gasteiger partial charge is 0.494 e. The van der Waals surface area contributed by atoms with E-state index in [1.54, 1.807) is 4.90 Å². The summed E-state index contributed by atoms with van der Waals surface area (Å²) in [5, 5.41) is 0. The molecule has 0 bridgehead atoms. The molecule has 0 unspecified atom stereocenters.